The number of amides is 3. The summed E-state index contributed by atoms with van der Waals surface area (Å²) in [6.45, 7) is 2.00. The van der Waals surface area contributed by atoms with Crippen LogP contribution in [0.1, 0.15) is 38.2 Å². The van der Waals surface area contributed by atoms with E-state index in [0.29, 0.717) is 32.2 Å². The first-order valence-electron chi connectivity index (χ1n) is 11.0. The standard InChI is InChI=1S/C21H33BN6O5/c1-14(29)26-16(13-15-7-3-2-4-8-15)20(31)28-12-6-9-17(28)19(30)27-18(22(32)33)10-5-11-25-21(23)24/h2-4,7-8,16-18,32-33H,5-6,9-13H2,1H3,(H,26,29)(H,27,30)(H4,23,24,25). The molecule has 0 aromatic heterocycles. The molecular weight excluding hydrogens is 427 g/mol. The summed E-state index contributed by atoms with van der Waals surface area (Å²) in [5.41, 5.74) is 11.4. The van der Waals surface area contributed by atoms with E-state index in [4.69, 9.17) is 11.5 Å². The number of hydrogen-bond acceptors (Lipinski definition) is 6. The zero-order chi connectivity index (χ0) is 24.4. The Bertz CT molecular complexity index is 834. The minimum atomic E-state index is -1.77. The van der Waals surface area contributed by atoms with Gasteiger partial charge in [0.05, 0.1) is 5.94 Å². The van der Waals surface area contributed by atoms with Gasteiger partial charge in [-0.15, -0.1) is 0 Å². The number of carbonyl (C=O) groups excluding carboxylic acids is 3. The fourth-order valence-electron chi connectivity index (χ4n) is 3.89. The van der Waals surface area contributed by atoms with Gasteiger partial charge in [0.15, 0.2) is 5.96 Å². The lowest BCUT2D eigenvalue weighted by Gasteiger charge is -2.30. The van der Waals surface area contributed by atoms with E-state index in [1.54, 1.807) is 0 Å². The number of nitrogens with two attached hydrogens (primary N) is 2. The molecule has 3 unspecified atom stereocenters. The third kappa shape index (κ3) is 8.39. The van der Waals surface area contributed by atoms with Crippen molar-refractivity contribution in [2.75, 3.05) is 13.1 Å². The highest BCUT2D eigenvalue weighted by Gasteiger charge is 2.39. The number of benzene rings is 1. The molecule has 1 aliphatic rings. The van der Waals surface area contributed by atoms with E-state index in [2.05, 4.69) is 15.6 Å². The molecule has 1 fully saturated rings. The van der Waals surface area contributed by atoms with Crippen molar-refractivity contribution in [3.63, 3.8) is 0 Å². The van der Waals surface area contributed by atoms with Crippen LogP contribution in [-0.4, -0.2) is 76.9 Å². The van der Waals surface area contributed by atoms with Crippen LogP contribution < -0.4 is 22.1 Å². The molecule has 8 N–H and O–H groups in total. The average molecular weight is 460 g/mol. The van der Waals surface area contributed by atoms with E-state index < -0.39 is 31.1 Å². The van der Waals surface area contributed by atoms with Crippen molar-refractivity contribution < 1.29 is 24.4 Å². The first kappa shape index (κ1) is 26.1. The Labute approximate surface area is 193 Å². The van der Waals surface area contributed by atoms with E-state index in [1.165, 1.54) is 11.8 Å². The van der Waals surface area contributed by atoms with E-state index >= 15 is 0 Å². The molecule has 1 saturated heterocycles. The second-order valence-electron chi connectivity index (χ2n) is 8.11. The second kappa shape index (κ2) is 12.8. The van der Waals surface area contributed by atoms with Crippen molar-refractivity contribution in [1.82, 2.24) is 15.5 Å². The highest BCUT2D eigenvalue weighted by Crippen LogP contribution is 2.20. The quantitative estimate of drug-likeness (QED) is 0.0981. The Balaban J connectivity index is 2.06. The highest BCUT2D eigenvalue weighted by molar-refractivity contribution is 6.43. The zero-order valence-electron chi connectivity index (χ0n) is 18.8. The largest absolute Gasteiger partial charge is 0.475 e. The van der Waals surface area contributed by atoms with Gasteiger partial charge in [0.2, 0.25) is 17.7 Å². The van der Waals surface area contributed by atoms with Gasteiger partial charge in [0, 0.05) is 26.4 Å². The van der Waals surface area contributed by atoms with E-state index in [-0.39, 0.29) is 30.7 Å². The lowest BCUT2D eigenvalue weighted by molar-refractivity contribution is -0.141. The van der Waals surface area contributed by atoms with Crippen molar-refractivity contribution in [2.45, 2.75) is 57.1 Å². The molecule has 0 aliphatic carbocycles. The Morgan fingerprint density at radius 2 is 1.91 bits per heavy atom. The maximum absolute atomic E-state index is 13.3. The van der Waals surface area contributed by atoms with Gasteiger partial charge >= 0.3 is 7.12 Å². The maximum Gasteiger partial charge on any atom is 0.475 e. The SMILES string of the molecule is CC(=O)NC(Cc1ccccc1)C(=O)N1CCCC1C(=O)NC(CCCN=C(N)N)B(O)O. The van der Waals surface area contributed by atoms with Crippen LogP contribution in [0.25, 0.3) is 0 Å². The first-order valence-corrected chi connectivity index (χ1v) is 11.0. The van der Waals surface area contributed by atoms with Crippen molar-refractivity contribution >= 4 is 30.8 Å². The van der Waals surface area contributed by atoms with Gasteiger partial charge in [-0.2, -0.15) is 0 Å². The third-order valence-electron chi connectivity index (χ3n) is 5.45. The molecule has 0 saturated carbocycles. The Morgan fingerprint density at radius 3 is 2.52 bits per heavy atom. The van der Waals surface area contributed by atoms with Crippen LogP contribution in [0.5, 0.6) is 0 Å². The molecule has 1 aliphatic heterocycles. The van der Waals surface area contributed by atoms with E-state index in [1.807, 2.05) is 30.3 Å². The number of carbonyl (C=O) groups is 3. The summed E-state index contributed by atoms with van der Waals surface area (Å²) < 4.78 is 0. The Morgan fingerprint density at radius 1 is 1.21 bits per heavy atom. The normalized spacial score (nSPS) is 17.1. The van der Waals surface area contributed by atoms with Crippen LogP contribution in [-0.2, 0) is 20.8 Å². The number of nitrogens with zero attached hydrogens (tertiary/aromatic N) is 2. The van der Waals surface area contributed by atoms with Crippen LogP contribution in [0.2, 0.25) is 0 Å². The van der Waals surface area contributed by atoms with Gasteiger partial charge in [-0.3, -0.25) is 19.4 Å². The van der Waals surface area contributed by atoms with Crippen molar-refractivity contribution in [1.29, 1.82) is 0 Å². The zero-order valence-corrected chi connectivity index (χ0v) is 18.8. The minimum absolute atomic E-state index is 0.0653. The van der Waals surface area contributed by atoms with Gasteiger partial charge in [-0.05, 0) is 31.2 Å². The molecule has 11 nitrogen and oxygen atoms in total. The third-order valence-corrected chi connectivity index (χ3v) is 5.45. The average Bonchev–Trinajstić information content (AvgIpc) is 3.25. The fourth-order valence-corrected chi connectivity index (χ4v) is 3.89. The van der Waals surface area contributed by atoms with Crippen molar-refractivity contribution in [3.8, 4) is 0 Å². The molecule has 33 heavy (non-hydrogen) atoms. The van der Waals surface area contributed by atoms with Gasteiger partial charge in [0.25, 0.3) is 0 Å². The van der Waals surface area contributed by atoms with Gasteiger partial charge in [0.1, 0.15) is 12.1 Å². The van der Waals surface area contributed by atoms with Gasteiger partial charge in [-0.1, -0.05) is 30.3 Å². The van der Waals surface area contributed by atoms with E-state index in [9.17, 15) is 24.4 Å². The monoisotopic (exact) mass is 460 g/mol. The Hall–Kier alpha value is -3.12. The van der Waals surface area contributed by atoms with Crippen molar-refractivity contribution in [3.05, 3.63) is 35.9 Å². The number of likely N-dealkylation sites (tertiary alicyclic amines) is 1. The van der Waals surface area contributed by atoms with Crippen LogP contribution >= 0.6 is 0 Å². The lowest BCUT2D eigenvalue weighted by atomic mass is 9.76. The predicted molar refractivity (Wildman–Crippen MR) is 125 cm³/mol. The summed E-state index contributed by atoms with van der Waals surface area (Å²) in [5, 5.41) is 24.7. The van der Waals surface area contributed by atoms with Crippen LogP contribution in [0, 0.1) is 0 Å². The molecule has 12 heteroatoms. The summed E-state index contributed by atoms with van der Waals surface area (Å²) in [5.74, 6) is -2.15. The predicted octanol–water partition coefficient (Wildman–Crippen LogP) is -1.72. The molecule has 0 radical (unpaired) electrons. The minimum Gasteiger partial charge on any atom is -0.426 e. The van der Waals surface area contributed by atoms with Gasteiger partial charge in [-0.25, -0.2) is 0 Å². The Kier molecular flexibility index (Phi) is 10.1. The highest BCUT2D eigenvalue weighted by atomic mass is 16.4. The maximum atomic E-state index is 13.3. The van der Waals surface area contributed by atoms with Crippen LogP contribution in [0.15, 0.2) is 35.3 Å². The van der Waals surface area contributed by atoms with E-state index in [0.717, 1.165) is 5.56 Å². The number of guanidine groups is 1. The van der Waals surface area contributed by atoms with Crippen LogP contribution in [0.4, 0.5) is 0 Å². The lowest BCUT2D eigenvalue weighted by Crippen LogP contribution is -2.56. The number of nitrogens with one attached hydrogen (secondary N) is 2. The van der Waals surface area contributed by atoms with Crippen LogP contribution in [0.3, 0.4) is 0 Å². The number of hydrogen-bond donors (Lipinski definition) is 6. The summed E-state index contributed by atoms with van der Waals surface area (Å²) >= 11 is 0. The fraction of sp³-hybridized carbons (Fsp3) is 0.524. The summed E-state index contributed by atoms with van der Waals surface area (Å²) in [4.78, 5) is 43.2. The molecule has 1 aromatic rings. The van der Waals surface area contributed by atoms with Gasteiger partial charge < -0.3 is 37.0 Å². The number of aliphatic imine (C=N–C) groups is 1. The summed E-state index contributed by atoms with van der Waals surface area (Å²) in [6, 6.07) is 7.73. The molecule has 1 heterocycles. The first-order chi connectivity index (χ1) is 15.7. The molecule has 180 valence electrons. The second-order valence-corrected chi connectivity index (χ2v) is 8.11. The molecule has 3 atom stereocenters. The molecule has 0 bridgehead atoms. The van der Waals surface area contributed by atoms with Crippen molar-refractivity contribution in [2.24, 2.45) is 16.5 Å². The summed E-state index contributed by atoms with van der Waals surface area (Å²) in [6.07, 6.45) is 2.03. The number of rotatable bonds is 11. The summed E-state index contributed by atoms with van der Waals surface area (Å²) in [7, 11) is -1.77. The molecule has 3 amide bonds. The molecule has 0 spiro atoms. The topological polar surface area (TPSA) is 183 Å². The molecular formula is C21H33BN6O5. The molecule has 2 rings (SSSR count). The smallest absolute Gasteiger partial charge is 0.426 e. The molecule has 1 aromatic carbocycles.